The molecule has 1 aliphatic rings. The Hall–Kier alpha value is -2.29. The maximum Gasteiger partial charge on any atom is 0.338 e. The summed E-state index contributed by atoms with van der Waals surface area (Å²) in [6.45, 7) is -0.408. The predicted molar refractivity (Wildman–Crippen MR) is 96.0 cm³/mol. The summed E-state index contributed by atoms with van der Waals surface area (Å²) < 4.78 is 27.6. The van der Waals surface area contributed by atoms with E-state index in [0.29, 0.717) is 5.56 Å². The predicted octanol–water partition coefficient (Wildman–Crippen LogP) is 2.85. The second kappa shape index (κ2) is 8.16. The molecule has 27 heavy (non-hydrogen) atoms. The van der Waals surface area contributed by atoms with Gasteiger partial charge in [0.2, 0.25) is 6.17 Å². The fraction of sp³-hybridized carbons (Fsp3) is 0.263. The van der Waals surface area contributed by atoms with Gasteiger partial charge in [0, 0.05) is 0 Å². The smallest absolute Gasteiger partial charge is 0.338 e. The monoisotopic (exact) mass is 438 g/mol. The van der Waals surface area contributed by atoms with Crippen molar-refractivity contribution in [1.82, 2.24) is 0 Å². The SMILES string of the molecule is O=C(OC[C@H]1O[C@@](O)(Br)[C@@H](F)[C@@H]1OC(=O)c1ccccc1)c1ccccc1. The van der Waals surface area contributed by atoms with Gasteiger partial charge in [-0.05, 0) is 40.2 Å². The van der Waals surface area contributed by atoms with Crippen LogP contribution in [0.25, 0.3) is 0 Å². The Morgan fingerprint density at radius 2 is 1.56 bits per heavy atom. The number of alkyl halides is 2. The number of carbonyl (C=O) groups excluding carboxylic acids is 2. The molecule has 0 bridgehead atoms. The lowest BCUT2D eigenvalue weighted by Gasteiger charge is -2.19. The third kappa shape index (κ3) is 4.52. The van der Waals surface area contributed by atoms with Crippen LogP contribution in [0.4, 0.5) is 4.39 Å². The molecule has 0 radical (unpaired) electrons. The van der Waals surface area contributed by atoms with E-state index in [-0.39, 0.29) is 5.56 Å². The molecule has 4 atom stereocenters. The van der Waals surface area contributed by atoms with Gasteiger partial charge in [0.1, 0.15) is 12.7 Å². The molecule has 0 saturated carbocycles. The highest BCUT2D eigenvalue weighted by atomic mass is 79.9. The van der Waals surface area contributed by atoms with Gasteiger partial charge < -0.3 is 19.3 Å². The Morgan fingerprint density at radius 1 is 1.04 bits per heavy atom. The third-order valence-electron chi connectivity index (χ3n) is 3.95. The molecule has 6 nitrogen and oxygen atoms in total. The van der Waals surface area contributed by atoms with Gasteiger partial charge in [-0.2, -0.15) is 0 Å². The minimum Gasteiger partial charge on any atom is -0.459 e. The summed E-state index contributed by atoms with van der Waals surface area (Å²) in [5.74, 6) is -1.43. The maximum atomic E-state index is 14.5. The first kappa shape index (κ1) is 19.5. The van der Waals surface area contributed by atoms with Crippen molar-refractivity contribution < 1.29 is 33.3 Å². The topological polar surface area (TPSA) is 82.1 Å². The average Bonchev–Trinajstić information content (AvgIpc) is 2.90. The minimum atomic E-state index is -2.35. The third-order valence-corrected chi connectivity index (χ3v) is 4.58. The number of hydrogen-bond acceptors (Lipinski definition) is 6. The molecule has 2 aromatic rings. The minimum absolute atomic E-state index is 0.217. The average molecular weight is 439 g/mol. The highest BCUT2D eigenvalue weighted by Crippen LogP contribution is 2.38. The van der Waals surface area contributed by atoms with Crippen LogP contribution < -0.4 is 0 Å². The molecule has 1 saturated heterocycles. The molecule has 8 heteroatoms. The van der Waals surface area contributed by atoms with E-state index in [9.17, 15) is 19.1 Å². The number of halogens is 2. The number of hydrogen-bond donors (Lipinski definition) is 1. The number of ether oxygens (including phenoxy) is 3. The van der Waals surface area contributed by atoms with Gasteiger partial charge in [-0.1, -0.05) is 36.4 Å². The highest BCUT2D eigenvalue weighted by Gasteiger charge is 2.56. The second-order valence-electron chi connectivity index (χ2n) is 5.87. The van der Waals surface area contributed by atoms with E-state index < -0.39 is 41.6 Å². The zero-order valence-corrected chi connectivity index (χ0v) is 15.5. The first-order valence-corrected chi connectivity index (χ1v) is 8.89. The fourth-order valence-corrected chi connectivity index (χ4v) is 3.08. The number of esters is 2. The molecule has 1 heterocycles. The van der Waals surface area contributed by atoms with Crippen molar-refractivity contribution in [3.05, 3.63) is 71.8 Å². The van der Waals surface area contributed by atoms with Crippen molar-refractivity contribution in [2.45, 2.75) is 23.1 Å². The van der Waals surface area contributed by atoms with Crippen LogP contribution in [0.1, 0.15) is 20.7 Å². The van der Waals surface area contributed by atoms with Gasteiger partial charge >= 0.3 is 11.9 Å². The summed E-state index contributed by atoms with van der Waals surface area (Å²) in [4.78, 5) is 24.3. The van der Waals surface area contributed by atoms with Crippen LogP contribution in [0, 0.1) is 0 Å². The van der Waals surface area contributed by atoms with Crippen molar-refractivity contribution in [3.63, 3.8) is 0 Å². The van der Waals surface area contributed by atoms with Crippen LogP contribution in [0.2, 0.25) is 0 Å². The fourth-order valence-electron chi connectivity index (χ4n) is 2.58. The zero-order valence-electron chi connectivity index (χ0n) is 14.0. The molecule has 142 valence electrons. The summed E-state index contributed by atoms with van der Waals surface area (Å²) in [6, 6.07) is 16.2. The van der Waals surface area contributed by atoms with Crippen LogP contribution in [0.3, 0.4) is 0 Å². The van der Waals surface area contributed by atoms with Crippen molar-refractivity contribution in [3.8, 4) is 0 Å². The van der Waals surface area contributed by atoms with Gasteiger partial charge in [-0.25, -0.2) is 14.0 Å². The van der Waals surface area contributed by atoms with Crippen LogP contribution in [0.5, 0.6) is 0 Å². The van der Waals surface area contributed by atoms with E-state index in [0.717, 1.165) is 0 Å². The van der Waals surface area contributed by atoms with E-state index in [2.05, 4.69) is 15.9 Å². The van der Waals surface area contributed by atoms with Gasteiger partial charge in [0.15, 0.2) is 6.10 Å². The van der Waals surface area contributed by atoms with Crippen LogP contribution in [-0.4, -0.2) is 46.7 Å². The Labute approximate surface area is 163 Å². The lowest BCUT2D eigenvalue weighted by atomic mass is 10.1. The van der Waals surface area contributed by atoms with Crippen LogP contribution in [-0.2, 0) is 14.2 Å². The molecule has 1 fully saturated rings. The van der Waals surface area contributed by atoms with Crippen LogP contribution >= 0.6 is 15.9 Å². The zero-order chi connectivity index (χ0) is 19.4. The number of benzene rings is 2. The molecule has 2 aromatic carbocycles. The Morgan fingerprint density at radius 3 is 2.11 bits per heavy atom. The second-order valence-corrected chi connectivity index (χ2v) is 7.00. The highest BCUT2D eigenvalue weighted by molar-refractivity contribution is 9.10. The van der Waals surface area contributed by atoms with E-state index in [4.69, 9.17) is 14.2 Å². The first-order chi connectivity index (χ1) is 12.9. The number of rotatable bonds is 5. The largest absolute Gasteiger partial charge is 0.459 e. The van der Waals surface area contributed by atoms with Crippen molar-refractivity contribution in [2.24, 2.45) is 0 Å². The molecule has 0 aliphatic carbocycles. The van der Waals surface area contributed by atoms with E-state index in [1.165, 1.54) is 12.1 Å². The maximum absolute atomic E-state index is 14.5. The molecule has 0 unspecified atom stereocenters. The Bertz CT molecular complexity index is 798. The molecule has 0 amide bonds. The standard InChI is InChI=1S/C19H16BrFO6/c20-19(24)16(21)15(26-18(23)13-9-5-2-6-10-13)14(27-19)11-25-17(22)12-7-3-1-4-8-12/h1-10,14-16,24H,11H2/t14-,15-,16+,19-/m1/s1. The molecule has 1 aliphatic heterocycles. The lowest BCUT2D eigenvalue weighted by Crippen LogP contribution is -2.38. The summed E-state index contributed by atoms with van der Waals surface area (Å²) in [5.41, 5.74) is 0.522. The van der Waals surface area contributed by atoms with Gasteiger partial charge in [-0.15, -0.1) is 0 Å². The summed E-state index contributed by atoms with van der Waals surface area (Å²) in [7, 11) is 0. The van der Waals surface area contributed by atoms with Crippen molar-refractivity contribution in [2.75, 3.05) is 6.61 Å². The molecule has 3 rings (SSSR count). The van der Waals surface area contributed by atoms with Gasteiger partial charge in [0.25, 0.3) is 4.70 Å². The van der Waals surface area contributed by atoms with E-state index >= 15 is 0 Å². The summed E-state index contributed by atoms with van der Waals surface area (Å²) >= 11 is 2.71. The molecule has 1 N–H and O–H groups in total. The Balaban J connectivity index is 1.68. The normalized spacial score (nSPS) is 27.1. The molecular formula is C19H16BrFO6. The summed E-state index contributed by atoms with van der Waals surface area (Å²) in [6.07, 6.45) is -4.74. The number of aliphatic hydroxyl groups is 1. The van der Waals surface area contributed by atoms with Gasteiger partial charge in [0.05, 0.1) is 11.1 Å². The quantitative estimate of drug-likeness (QED) is 0.570. The molecular weight excluding hydrogens is 423 g/mol. The Kier molecular flexibility index (Phi) is 5.88. The van der Waals surface area contributed by atoms with Crippen molar-refractivity contribution >= 4 is 27.9 Å². The van der Waals surface area contributed by atoms with E-state index in [1.54, 1.807) is 48.5 Å². The summed E-state index contributed by atoms with van der Waals surface area (Å²) in [5, 5.41) is 9.96. The van der Waals surface area contributed by atoms with E-state index in [1.807, 2.05) is 0 Å². The van der Waals surface area contributed by atoms with Gasteiger partial charge in [-0.3, -0.25) is 0 Å². The van der Waals surface area contributed by atoms with Crippen molar-refractivity contribution in [1.29, 1.82) is 0 Å². The number of carbonyl (C=O) groups is 2. The van der Waals surface area contributed by atoms with Crippen LogP contribution in [0.15, 0.2) is 60.7 Å². The first-order valence-electron chi connectivity index (χ1n) is 8.10. The molecule has 0 aromatic heterocycles. The lowest BCUT2D eigenvalue weighted by molar-refractivity contribution is -0.144. The molecule has 0 spiro atoms.